The van der Waals surface area contributed by atoms with Crippen molar-refractivity contribution in [1.29, 1.82) is 0 Å². The van der Waals surface area contributed by atoms with Gasteiger partial charge in [0.15, 0.2) is 0 Å². The van der Waals surface area contributed by atoms with Gasteiger partial charge in [-0.05, 0) is 133 Å². The van der Waals surface area contributed by atoms with Gasteiger partial charge in [-0.1, -0.05) is 96.5 Å². The number of likely N-dealkylation sites (tertiary alicyclic amines) is 1. The van der Waals surface area contributed by atoms with Crippen LogP contribution in [-0.4, -0.2) is 131 Å². The second kappa shape index (κ2) is 34.4. The molecule has 7 rings (SSSR count). The van der Waals surface area contributed by atoms with E-state index in [1.54, 1.807) is 18.4 Å². The summed E-state index contributed by atoms with van der Waals surface area (Å²) in [5.41, 5.74) is 5.26. The molecule has 4 heterocycles. The molecule has 5 aromatic rings. The number of amides is 5. The number of nitrogens with two attached hydrogens (primary N) is 1. The van der Waals surface area contributed by atoms with Crippen molar-refractivity contribution in [3.63, 3.8) is 0 Å². The lowest BCUT2D eigenvalue weighted by Gasteiger charge is -2.32. The largest absolute Gasteiger partial charge is 0.382 e. The summed E-state index contributed by atoms with van der Waals surface area (Å²) < 4.78 is 16.6. The maximum atomic E-state index is 13.5. The first-order valence-corrected chi connectivity index (χ1v) is 31.7. The van der Waals surface area contributed by atoms with Crippen molar-refractivity contribution in [2.24, 2.45) is 52.7 Å². The Hall–Kier alpha value is -6.20. The Morgan fingerprint density at radius 3 is 2.02 bits per heavy atom. The number of aliphatic hydroxyl groups excluding tert-OH is 1. The van der Waals surface area contributed by atoms with Gasteiger partial charge in [-0.3, -0.25) is 34.0 Å². The zero-order valence-corrected chi connectivity index (χ0v) is 53.4. The fourth-order valence-corrected chi connectivity index (χ4v) is 13.2. The first kappa shape index (κ1) is 70.6. The van der Waals surface area contributed by atoms with Crippen LogP contribution in [0.2, 0.25) is 5.02 Å². The first-order chi connectivity index (χ1) is 40.9. The number of halogens is 2. The third-order valence-corrected chi connectivity index (χ3v) is 18.3. The van der Waals surface area contributed by atoms with Crippen LogP contribution in [0, 0.1) is 52.7 Å². The molecule has 2 aromatic heterocycles. The lowest BCUT2D eigenvalue weighted by molar-refractivity contribution is -0.153. The van der Waals surface area contributed by atoms with Crippen LogP contribution in [0.15, 0.2) is 101 Å². The van der Waals surface area contributed by atoms with Gasteiger partial charge in [0, 0.05) is 98.9 Å². The summed E-state index contributed by atoms with van der Waals surface area (Å²) in [5.74, 6) is 0.300. The number of fused-ring (bicyclic) bond motifs is 1. The Morgan fingerprint density at radius 2 is 1.47 bits per heavy atom. The Balaban J connectivity index is 0.000000240. The Bertz CT molecular complexity index is 2990. The number of carbonyl (C=O) groups excluding carboxylic acids is 7. The number of thiophene rings is 1. The molecule has 8 N–H and O–H groups in total. The Labute approximate surface area is 518 Å². The molecule has 86 heavy (non-hydrogen) atoms. The second-order valence-corrected chi connectivity index (χ2v) is 26.7. The van der Waals surface area contributed by atoms with E-state index in [1.807, 2.05) is 132 Å². The molecule has 0 unspecified atom stereocenters. The van der Waals surface area contributed by atoms with E-state index in [2.05, 4.69) is 36.5 Å². The van der Waals surface area contributed by atoms with Crippen molar-refractivity contribution < 1.29 is 53.1 Å². The highest BCUT2D eigenvalue weighted by Gasteiger charge is 2.40. The number of aliphatic hydroxyl groups is 1. The number of carbonyl (C=O) groups is 7. The van der Waals surface area contributed by atoms with Crippen LogP contribution in [0.3, 0.4) is 0 Å². The number of piperidine rings is 1. The number of aromatic nitrogens is 1. The van der Waals surface area contributed by atoms with Crippen molar-refractivity contribution in [3.05, 3.63) is 118 Å². The van der Waals surface area contributed by atoms with E-state index in [4.69, 9.17) is 22.7 Å². The molecular weight excluding hydrogens is 1160 g/mol. The fourth-order valence-electron chi connectivity index (χ4n) is 11.1. The van der Waals surface area contributed by atoms with E-state index in [9.17, 15) is 43.1 Å². The number of Topliss-reactive ketones (excluding diaryl/α,β-unsaturated/α-hetero) is 2. The summed E-state index contributed by atoms with van der Waals surface area (Å²) in [4.78, 5) is 95.4. The minimum Gasteiger partial charge on any atom is -0.382 e. The standard InChI is InChI=1S/C24H26ClFN4O.C24H32N2O4S2.C16H30N2O5/c25-18-1-6-23-21(15-18)22(16-30(23)20-4-2-19(26)3-5-20)17-7-10-28(11-8-17)13-14-29-12-9-27-24(29)31;1-16(2)12-19(20(24(29)30-25)15-32-22-10-7-11-31-22)21(27)14-18(23(28)26-3)13-17-8-5-4-6-9-17;1-9(2)7-10(13(20)15(22)18-23)12(19)8-11(14(21)17-6)16(3,4)5/h1-6,15-17H,7-14H2,(H,27,31);4-11,16,18-20H,12-15,25H2,1-3H3,(H,26,28);9-11,13,20,23H,7-8H2,1-6H3,(H,17,21)(H,18,22)/t;18-,19-,20+;10-,11-,13+/m.11/s1. The lowest BCUT2D eigenvalue weighted by Crippen LogP contribution is -2.44. The van der Waals surface area contributed by atoms with Crippen molar-refractivity contribution in [1.82, 2.24) is 35.8 Å². The monoisotopic (exact) mass is 1250 g/mol. The van der Waals surface area contributed by atoms with Crippen LogP contribution in [0.1, 0.15) is 104 Å². The van der Waals surface area contributed by atoms with Crippen molar-refractivity contribution in [2.75, 3.05) is 59.1 Å². The van der Waals surface area contributed by atoms with Crippen LogP contribution in [0.5, 0.6) is 0 Å². The minimum absolute atomic E-state index is 0.0559. The van der Waals surface area contributed by atoms with Gasteiger partial charge in [-0.25, -0.2) is 14.7 Å². The molecule has 2 fully saturated rings. The van der Waals surface area contributed by atoms with Gasteiger partial charge in [0.05, 0.1) is 21.6 Å². The molecule has 2 saturated heterocycles. The average molecular weight is 1250 g/mol. The summed E-state index contributed by atoms with van der Waals surface area (Å²) in [6.07, 6.45) is 3.95. The van der Waals surface area contributed by atoms with Gasteiger partial charge < -0.3 is 40.3 Å². The third kappa shape index (κ3) is 21.0. The lowest BCUT2D eigenvalue weighted by atomic mass is 9.74. The summed E-state index contributed by atoms with van der Waals surface area (Å²) >= 11 is 9.43. The predicted molar refractivity (Wildman–Crippen MR) is 336 cm³/mol. The van der Waals surface area contributed by atoms with Crippen LogP contribution in [-0.2, 0) is 40.0 Å². The molecule has 18 nitrogen and oxygen atoms in total. The second-order valence-electron chi connectivity index (χ2n) is 24.0. The number of hydrogen-bond donors (Lipinski definition) is 7. The van der Waals surface area contributed by atoms with Gasteiger partial charge >= 0.3 is 12.0 Å². The number of benzene rings is 3. The van der Waals surface area contributed by atoms with Gasteiger partial charge in [0.1, 0.15) is 23.5 Å². The first-order valence-electron chi connectivity index (χ1n) is 29.4. The Kier molecular flexibility index (Phi) is 28.2. The number of thioether (sulfide) groups is 1. The average Bonchev–Trinajstić information content (AvgIpc) is 1.82. The maximum Gasteiger partial charge on any atom is 0.329 e. The predicted octanol–water partition coefficient (Wildman–Crippen LogP) is 9.61. The van der Waals surface area contributed by atoms with Crippen LogP contribution >= 0.6 is 34.7 Å². The molecule has 0 aliphatic carbocycles. The number of rotatable bonds is 26. The highest BCUT2D eigenvalue weighted by atomic mass is 35.5. The number of urea groups is 1. The smallest absolute Gasteiger partial charge is 0.329 e. The zero-order chi connectivity index (χ0) is 63.3. The molecule has 2 aliphatic rings. The van der Waals surface area contributed by atoms with Gasteiger partial charge in [0.25, 0.3) is 5.91 Å². The summed E-state index contributed by atoms with van der Waals surface area (Å²) in [5, 5.41) is 30.6. The SMILES string of the molecule is CNC(=O)[C@@H](CC(=O)[C@@H](CC(C)C)[C@H](O)C(=O)NO)C(C)(C)C.CNC(=O)[C@@H](CC(=O)[C@H](CC(C)C)[C@H](CSc1cccs1)C(=O)ON)Cc1ccccc1.O=C1NCCN1CCN1CCC(c2cn(-c3ccc(F)cc3)c3ccc(Cl)cc23)CC1. The van der Waals surface area contributed by atoms with E-state index in [0.717, 1.165) is 78.1 Å². The molecule has 0 radical (unpaired) electrons. The molecule has 5 amide bonds. The van der Waals surface area contributed by atoms with E-state index >= 15 is 0 Å². The fraction of sp³-hybridized carbons (Fsp3) is 0.516. The van der Waals surface area contributed by atoms with E-state index in [-0.39, 0.29) is 66.3 Å². The summed E-state index contributed by atoms with van der Waals surface area (Å²) in [7, 11) is 3.08. The number of hydrogen-bond acceptors (Lipinski definition) is 14. The highest BCUT2D eigenvalue weighted by Crippen LogP contribution is 2.38. The number of ketones is 2. The van der Waals surface area contributed by atoms with Crippen LogP contribution in [0.25, 0.3) is 16.6 Å². The van der Waals surface area contributed by atoms with Gasteiger partial charge in [-0.15, -0.1) is 23.1 Å². The van der Waals surface area contributed by atoms with Gasteiger partial charge in [0.2, 0.25) is 11.8 Å². The van der Waals surface area contributed by atoms with E-state index in [1.165, 1.54) is 47.4 Å². The normalized spacial score (nSPS) is 15.9. The van der Waals surface area contributed by atoms with Gasteiger partial charge in [-0.2, -0.15) is 5.90 Å². The topological polar surface area (TPSA) is 255 Å². The number of nitrogens with one attached hydrogen (secondary N) is 4. The molecule has 22 heteroatoms. The molecule has 0 saturated carbocycles. The quantitative estimate of drug-likeness (QED) is 0.0155. The van der Waals surface area contributed by atoms with Crippen molar-refractivity contribution in [3.8, 4) is 5.69 Å². The molecule has 470 valence electrons. The van der Waals surface area contributed by atoms with Crippen molar-refractivity contribution >= 4 is 86.9 Å². The van der Waals surface area contributed by atoms with E-state index < -0.39 is 53.0 Å². The highest BCUT2D eigenvalue weighted by molar-refractivity contribution is 8.01. The zero-order valence-electron chi connectivity index (χ0n) is 51.0. The van der Waals surface area contributed by atoms with Crippen LogP contribution < -0.4 is 27.3 Å². The summed E-state index contributed by atoms with van der Waals surface area (Å²) in [6.45, 7) is 18.6. The Morgan fingerprint density at radius 1 is 0.826 bits per heavy atom. The molecular formula is C64H88ClFN8O10S2. The molecule has 3 aromatic carbocycles. The maximum absolute atomic E-state index is 13.5. The molecule has 0 bridgehead atoms. The molecule has 6 atom stereocenters. The van der Waals surface area contributed by atoms with Crippen LogP contribution in [0.4, 0.5) is 9.18 Å². The number of nitrogens with zero attached hydrogens (tertiary/aromatic N) is 3. The number of hydroxylamine groups is 1. The summed E-state index contributed by atoms with van der Waals surface area (Å²) in [6, 6.07) is 26.2. The van der Waals surface area contributed by atoms with E-state index in [0.29, 0.717) is 24.5 Å². The van der Waals surface area contributed by atoms with Crippen molar-refractivity contribution in [2.45, 2.75) is 110 Å². The third-order valence-electron chi connectivity index (χ3n) is 15.8. The minimum atomic E-state index is -1.64. The molecule has 2 aliphatic heterocycles. The molecule has 0 spiro atoms.